The van der Waals surface area contributed by atoms with Crippen LogP contribution in [0.15, 0.2) is 12.1 Å². The highest BCUT2D eigenvalue weighted by Gasteiger charge is 2.06. The van der Waals surface area contributed by atoms with Crippen LogP contribution in [-0.2, 0) is 6.42 Å². The van der Waals surface area contributed by atoms with Gasteiger partial charge in [-0.25, -0.2) is 0 Å². The predicted molar refractivity (Wildman–Crippen MR) is 49.2 cm³/mol. The molecular formula is C10H12O3. The van der Waals surface area contributed by atoms with E-state index in [2.05, 4.69) is 0 Å². The Morgan fingerprint density at radius 1 is 1.31 bits per heavy atom. The summed E-state index contributed by atoms with van der Waals surface area (Å²) in [6, 6.07) is 2.72. The zero-order valence-electron chi connectivity index (χ0n) is 7.45. The Morgan fingerprint density at radius 2 is 2.00 bits per heavy atom. The first kappa shape index (κ1) is 9.58. The number of hydrogen-bond donors (Lipinski definition) is 2. The van der Waals surface area contributed by atoms with Gasteiger partial charge in [-0.2, -0.15) is 0 Å². The number of hydrogen-bond acceptors (Lipinski definition) is 3. The van der Waals surface area contributed by atoms with E-state index in [1.54, 1.807) is 0 Å². The Balaban J connectivity index is 3.14. The van der Waals surface area contributed by atoms with Crippen LogP contribution in [0, 0.1) is 0 Å². The number of carbonyl (C=O) groups excluding carboxylic acids is 1. The molecule has 1 aromatic rings. The average Bonchev–Trinajstić information content (AvgIpc) is 2.10. The molecule has 13 heavy (non-hydrogen) atoms. The average molecular weight is 180 g/mol. The van der Waals surface area contributed by atoms with Crippen LogP contribution in [0.4, 0.5) is 0 Å². The first-order chi connectivity index (χ1) is 6.19. The van der Waals surface area contributed by atoms with E-state index in [9.17, 15) is 15.0 Å². The summed E-state index contributed by atoms with van der Waals surface area (Å²) in [5.41, 5.74) is 0.920. The van der Waals surface area contributed by atoms with Gasteiger partial charge >= 0.3 is 0 Å². The van der Waals surface area contributed by atoms with E-state index in [4.69, 9.17) is 0 Å². The molecule has 0 aromatic heterocycles. The molecule has 0 aliphatic heterocycles. The van der Waals surface area contributed by atoms with Gasteiger partial charge in [0.05, 0.1) is 5.56 Å². The van der Waals surface area contributed by atoms with E-state index in [0.29, 0.717) is 18.3 Å². The summed E-state index contributed by atoms with van der Waals surface area (Å²) in [4.78, 5) is 10.5. The Kier molecular flexibility index (Phi) is 2.90. The van der Waals surface area contributed by atoms with Crippen molar-refractivity contribution in [2.24, 2.45) is 0 Å². The summed E-state index contributed by atoms with van der Waals surface area (Å²) >= 11 is 0. The molecule has 3 nitrogen and oxygen atoms in total. The molecule has 0 amide bonds. The van der Waals surface area contributed by atoms with E-state index in [1.807, 2.05) is 6.92 Å². The predicted octanol–water partition coefficient (Wildman–Crippen LogP) is 1.86. The van der Waals surface area contributed by atoms with Crippen molar-refractivity contribution >= 4 is 6.29 Å². The van der Waals surface area contributed by atoms with Crippen molar-refractivity contribution in [3.05, 3.63) is 23.3 Å². The van der Waals surface area contributed by atoms with Crippen LogP contribution in [0.25, 0.3) is 0 Å². The monoisotopic (exact) mass is 180 g/mol. The van der Waals surface area contributed by atoms with Crippen LogP contribution < -0.4 is 0 Å². The molecule has 0 aliphatic carbocycles. The molecule has 2 N–H and O–H groups in total. The first-order valence-electron chi connectivity index (χ1n) is 4.19. The summed E-state index contributed by atoms with van der Waals surface area (Å²) < 4.78 is 0. The lowest BCUT2D eigenvalue weighted by Crippen LogP contribution is -1.89. The quantitative estimate of drug-likeness (QED) is 0.698. The molecule has 70 valence electrons. The summed E-state index contributed by atoms with van der Waals surface area (Å²) in [7, 11) is 0. The molecule has 0 atom stereocenters. The molecule has 0 saturated heterocycles. The van der Waals surface area contributed by atoms with Crippen molar-refractivity contribution in [2.45, 2.75) is 19.8 Å². The van der Waals surface area contributed by atoms with Crippen LogP contribution in [0.2, 0.25) is 0 Å². The number of phenols is 2. The van der Waals surface area contributed by atoms with Gasteiger partial charge in [0, 0.05) is 6.07 Å². The number of carbonyl (C=O) groups is 1. The van der Waals surface area contributed by atoms with Crippen LogP contribution >= 0.6 is 0 Å². The smallest absolute Gasteiger partial charge is 0.153 e. The van der Waals surface area contributed by atoms with Gasteiger partial charge in [0.25, 0.3) is 0 Å². The van der Waals surface area contributed by atoms with Crippen molar-refractivity contribution in [3.8, 4) is 11.5 Å². The Bertz CT molecular complexity index is 318. The van der Waals surface area contributed by atoms with Crippen molar-refractivity contribution in [1.29, 1.82) is 0 Å². The second kappa shape index (κ2) is 3.94. The number of aromatic hydroxyl groups is 2. The van der Waals surface area contributed by atoms with Gasteiger partial charge in [-0.15, -0.1) is 0 Å². The lowest BCUT2D eigenvalue weighted by Gasteiger charge is -2.05. The maximum atomic E-state index is 10.5. The zero-order valence-corrected chi connectivity index (χ0v) is 7.45. The molecular weight excluding hydrogens is 168 g/mol. The first-order valence-corrected chi connectivity index (χ1v) is 4.19. The lowest BCUT2D eigenvalue weighted by atomic mass is 10.1. The van der Waals surface area contributed by atoms with Crippen LogP contribution in [0.5, 0.6) is 11.5 Å². The van der Waals surface area contributed by atoms with Crippen LogP contribution in [0.1, 0.15) is 29.3 Å². The van der Waals surface area contributed by atoms with Gasteiger partial charge in [0.1, 0.15) is 11.5 Å². The maximum Gasteiger partial charge on any atom is 0.153 e. The van der Waals surface area contributed by atoms with E-state index in [1.165, 1.54) is 12.1 Å². The Hall–Kier alpha value is -1.51. The molecule has 1 rings (SSSR count). The molecule has 0 heterocycles. The number of phenolic OH excluding ortho intramolecular Hbond substituents is 2. The van der Waals surface area contributed by atoms with E-state index in [-0.39, 0.29) is 17.1 Å². The van der Waals surface area contributed by atoms with E-state index >= 15 is 0 Å². The van der Waals surface area contributed by atoms with Gasteiger partial charge in [-0.3, -0.25) is 4.79 Å². The second-order valence-electron chi connectivity index (χ2n) is 2.91. The van der Waals surface area contributed by atoms with Gasteiger partial charge in [-0.1, -0.05) is 13.3 Å². The number of aldehydes is 1. The van der Waals surface area contributed by atoms with Crippen molar-refractivity contribution in [1.82, 2.24) is 0 Å². The third kappa shape index (κ3) is 1.99. The topological polar surface area (TPSA) is 57.5 Å². The zero-order chi connectivity index (χ0) is 9.84. The van der Waals surface area contributed by atoms with Gasteiger partial charge in [0.2, 0.25) is 0 Å². The Labute approximate surface area is 76.6 Å². The minimum Gasteiger partial charge on any atom is -0.508 e. The number of aryl methyl sites for hydroxylation is 1. The highest BCUT2D eigenvalue weighted by molar-refractivity contribution is 5.80. The minimum atomic E-state index is -0.174. The van der Waals surface area contributed by atoms with Crippen LogP contribution in [0.3, 0.4) is 0 Å². The number of rotatable bonds is 3. The second-order valence-corrected chi connectivity index (χ2v) is 2.91. The largest absolute Gasteiger partial charge is 0.508 e. The minimum absolute atomic E-state index is 0.0463. The van der Waals surface area contributed by atoms with Crippen LogP contribution in [-0.4, -0.2) is 16.5 Å². The molecule has 1 aromatic carbocycles. The summed E-state index contributed by atoms with van der Waals surface area (Å²) in [6.07, 6.45) is 2.16. The summed E-state index contributed by atoms with van der Waals surface area (Å²) in [5, 5.41) is 18.6. The number of benzene rings is 1. The lowest BCUT2D eigenvalue weighted by molar-refractivity contribution is 0.112. The highest BCUT2D eigenvalue weighted by atomic mass is 16.3. The standard InChI is InChI=1S/C10H12O3/c1-2-3-7-4-8(6-11)10(13)5-9(7)12/h4-6,12-13H,2-3H2,1H3. The Morgan fingerprint density at radius 3 is 2.54 bits per heavy atom. The van der Waals surface area contributed by atoms with Gasteiger partial charge < -0.3 is 10.2 Å². The molecule has 0 spiro atoms. The van der Waals surface area contributed by atoms with Gasteiger partial charge in [-0.05, 0) is 18.1 Å². The SMILES string of the molecule is CCCc1cc(C=O)c(O)cc1O. The molecule has 0 aliphatic rings. The van der Waals surface area contributed by atoms with E-state index in [0.717, 1.165) is 6.42 Å². The normalized spacial score (nSPS) is 9.92. The molecule has 0 unspecified atom stereocenters. The molecule has 0 fully saturated rings. The summed E-state index contributed by atoms with van der Waals surface area (Å²) in [5.74, 6) is -0.127. The third-order valence-corrected chi connectivity index (χ3v) is 1.87. The van der Waals surface area contributed by atoms with Crippen molar-refractivity contribution in [3.63, 3.8) is 0 Å². The third-order valence-electron chi connectivity index (χ3n) is 1.87. The fourth-order valence-electron chi connectivity index (χ4n) is 1.21. The summed E-state index contributed by atoms with van der Waals surface area (Å²) in [6.45, 7) is 1.98. The maximum absolute atomic E-state index is 10.5. The molecule has 0 radical (unpaired) electrons. The molecule has 0 saturated carbocycles. The fourth-order valence-corrected chi connectivity index (χ4v) is 1.21. The highest BCUT2D eigenvalue weighted by Crippen LogP contribution is 2.26. The van der Waals surface area contributed by atoms with E-state index < -0.39 is 0 Å². The molecule has 3 heteroatoms. The van der Waals surface area contributed by atoms with Crippen molar-refractivity contribution in [2.75, 3.05) is 0 Å². The molecule has 0 bridgehead atoms. The fraction of sp³-hybridized carbons (Fsp3) is 0.300. The van der Waals surface area contributed by atoms with Crippen molar-refractivity contribution < 1.29 is 15.0 Å². The van der Waals surface area contributed by atoms with Gasteiger partial charge in [0.15, 0.2) is 6.29 Å².